The van der Waals surface area contributed by atoms with Crippen molar-refractivity contribution >= 4 is 40.5 Å². The largest absolute Gasteiger partial charge is 0.495 e. The maximum absolute atomic E-state index is 12.3. The lowest BCUT2D eigenvalue weighted by Gasteiger charge is -2.15. The number of hydrogen-bond donors (Lipinski definition) is 2. The molecule has 1 atom stereocenters. The van der Waals surface area contributed by atoms with Crippen LogP contribution >= 0.6 is 11.6 Å². The first kappa shape index (κ1) is 20.0. The number of nitro groups is 1. The molecule has 0 aliphatic carbocycles. The van der Waals surface area contributed by atoms with Gasteiger partial charge in [-0.2, -0.15) is 0 Å². The van der Waals surface area contributed by atoms with Crippen LogP contribution in [0.3, 0.4) is 0 Å². The number of nitrogen functional groups attached to an aromatic ring is 1. The Bertz CT molecular complexity index is 902. The number of nitro benzene ring substituents is 1. The number of rotatable bonds is 6. The third-order valence-corrected chi connectivity index (χ3v) is 3.88. The predicted molar refractivity (Wildman–Crippen MR) is 99.0 cm³/mol. The van der Waals surface area contributed by atoms with Crippen molar-refractivity contribution in [2.24, 2.45) is 0 Å². The molecule has 10 heteroatoms. The molecule has 142 valence electrons. The Hall–Kier alpha value is -3.33. The van der Waals surface area contributed by atoms with Gasteiger partial charge in [-0.3, -0.25) is 14.9 Å². The average molecular weight is 394 g/mol. The first-order chi connectivity index (χ1) is 12.7. The molecule has 1 unspecified atom stereocenters. The molecule has 0 spiro atoms. The summed E-state index contributed by atoms with van der Waals surface area (Å²) in [5, 5.41) is 13.6. The Morgan fingerprint density at radius 1 is 1.26 bits per heavy atom. The second kappa shape index (κ2) is 8.37. The number of nitrogens with zero attached hydrogens (tertiary/aromatic N) is 1. The summed E-state index contributed by atoms with van der Waals surface area (Å²) in [4.78, 5) is 34.7. The molecule has 2 aromatic carbocycles. The van der Waals surface area contributed by atoms with Crippen molar-refractivity contribution in [1.82, 2.24) is 0 Å². The minimum atomic E-state index is -1.18. The minimum Gasteiger partial charge on any atom is -0.495 e. The number of nitrogens with two attached hydrogens (primary N) is 1. The van der Waals surface area contributed by atoms with E-state index in [0.717, 1.165) is 6.07 Å². The fourth-order valence-corrected chi connectivity index (χ4v) is 2.21. The van der Waals surface area contributed by atoms with E-state index in [1.54, 1.807) is 0 Å². The SMILES string of the molecule is COc1ccc([N+](=O)[O-])cc1NC(=O)C(C)OC(=O)c1ccc(Cl)c(N)c1. The van der Waals surface area contributed by atoms with Gasteiger partial charge in [0.25, 0.3) is 11.6 Å². The van der Waals surface area contributed by atoms with Gasteiger partial charge in [-0.25, -0.2) is 4.79 Å². The quantitative estimate of drug-likeness (QED) is 0.333. The summed E-state index contributed by atoms with van der Waals surface area (Å²) in [6, 6.07) is 7.91. The number of benzene rings is 2. The lowest BCUT2D eigenvalue weighted by molar-refractivity contribution is -0.384. The number of non-ortho nitro benzene ring substituents is 1. The number of amides is 1. The molecule has 2 aromatic rings. The van der Waals surface area contributed by atoms with Crippen molar-refractivity contribution in [1.29, 1.82) is 0 Å². The van der Waals surface area contributed by atoms with Crippen molar-refractivity contribution in [3.63, 3.8) is 0 Å². The van der Waals surface area contributed by atoms with Crippen LogP contribution in [0.15, 0.2) is 36.4 Å². The van der Waals surface area contributed by atoms with E-state index in [1.165, 1.54) is 44.4 Å². The van der Waals surface area contributed by atoms with Crippen molar-refractivity contribution < 1.29 is 24.0 Å². The molecule has 0 heterocycles. The van der Waals surface area contributed by atoms with Crippen LogP contribution in [0, 0.1) is 10.1 Å². The van der Waals surface area contributed by atoms with Gasteiger partial charge in [-0.15, -0.1) is 0 Å². The Morgan fingerprint density at radius 2 is 1.96 bits per heavy atom. The van der Waals surface area contributed by atoms with E-state index in [-0.39, 0.29) is 33.4 Å². The van der Waals surface area contributed by atoms with Gasteiger partial charge < -0.3 is 20.5 Å². The molecule has 0 saturated carbocycles. The maximum atomic E-state index is 12.3. The molecule has 1 amide bonds. The number of esters is 1. The first-order valence-corrected chi connectivity index (χ1v) is 8.00. The number of methoxy groups -OCH3 is 1. The molecule has 0 aliphatic heterocycles. The number of anilines is 2. The van der Waals surface area contributed by atoms with Gasteiger partial charge in [0.05, 0.1) is 34.0 Å². The van der Waals surface area contributed by atoms with Crippen LogP contribution < -0.4 is 15.8 Å². The van der Waals surface area contributed by atoms with E-state index in [1.807, 2.05) is 0 Å². The maximum Gasteiger partial charge on any atom is 0.338 e. The van der Waals surface area contributed by atoms with Gasteiger partial charge in [0, 0.05) is 12.1 Å². The van der Waals surface area contributed by atoms with Gasteiger partial charge >= 0.3 is 5.97 Å². The lowest BCUT2D eigenvalue weighted by Crippen LogP contribution is -2.30. The van der Waals surface area contributed by atoms with E-state index in [2.05, 4.69) is 5.32 Å². The van der Waals surface area contributed by atoms with Crippen molar-refractivity contribution in [2.45, 2.75) is 13.0 Å². The first-order valence-electron chi connectivity index (χ1n) is 7.62. The highest BCUT2D eigenvalue weighted by molar-refractivity contribution is 6.33. The number of ether oxygens (including phenoxy) is 2. The third kappa shape index (κ3) is 4.85. The number of carbonyl (C=O) groups excluding carboxylic acids is 2. The zero-order valence-electron chi connectivity index (χ0n) is 14.4. The number of nitrogens with one attached hydrogen (secondary N) is 1. The van der Waals surface area contributed by atoms with Crippen LogP contribution in [0.4, 0.5) is 17.1 Å². The molecule has 0 bridgehead atoms. The van der Waals surface area contributed by atoms with E-state index in [0.29, 0.717) is 0 Å². The molecule has 0 aromatic heterocycles. The highest BCUT2D eigenvalue weighted by Gasteiger charge is 2.22. The normalized spacial score (nSPS) is 11.4. The van der Waals surface area contributed by atoms with Crippen LogP contribution in [0.25, 0.3) is 0 Å². The lowest BCUT2D eigenvalue weighted by atomic mass is 10.2. The molecule has 3 N–H and O–H groups in total. The second-order valence-corrected chi connectivity index (χ2v) is 5.82. The molecule has 2 rings (SSSR count). The number of halogens is 1. The molecular formula is C17H16ClN3O6. The molecule has 0 aliphatic rings. The number of hydrogen-bond acceptors (Lipinski definition) is 7. The fraction of sp³-hybridized carbons (Fsp3) is 0.176. The molecule has 9 nitrogen and oxygen atoms in total. The summed E-state index contributed by atoms with van der Waals surface area (Å²) in [7, 11) is 1.35. The van der Waals surface area contributed by atoms with Gasteiger partial charge in [0.2, 0.25) is 0 Å². The van der Waals surface area contributed by atoms with Crippen LogP contribution in [-0.4, -0.2) is 30.0 Å². The summed E-state index contributed by atoms with van der Waals surface area (Å²) in [6.07, 6.45) is -1.18. The smallest absolute Gasteiger partial charge is 0.338 e. The Morgan fingerprint density at radius 3 is 2.56 bits per heavy atom. The number of carbonyl (C=O) groups is 2. The topological polar surface area (TPSA) is 134 Å². The van der Waals surface area contributed by atoms with E-state index in [4.69, 9.17) is 26.8 Å². The van der Waals surface area contributed by atoms with Crippen LogP contribution in [-0.2, 0) is 9.53 Å². The Kier molecular flexibility index (Phi) is 6.19. The van der Waals surface area contributed by atoms with Crippen LogP contribution in [0.5, 0.6) is 5.75 Å². The molecular weight excluding hydrogens is 378 g/mol. The third-order valence-electron chi connectivity index (χ3n) is 3.54. The Balaban J connectivity index is 2.11. The van der Waals surface area contributed by atoms with Gasteiger partial charge in [-0.05, 0) is 31.2 Å². The molecule has 27 heavy (non-hydrogen) atoms. The van der Waals surface area contributed by atoms with Crippen LogP contribution in [0.2, 0.25) is 5.02 Å². The second-order valence-electron chi connectivity index (χ2n) is 5.41. The van der Waals surface area contributed by atoms with E-state index < -0.39 is 22.9 Å². The Labute approximate surface area is 159 Å². The molecule has 0 radical (unpaired) electrons. The zero-order chi connectivity index (χ0) is 20.1. The van der Waals surface area contributed by atoms with Gasteiger partial charge in [0.1, 0.15) is 5.75 Å². The average Bonchev–Trinajstić information content (AvgIpc) is 2.63. The summed E-state index contributed by atoms with van der Waals surface area (Å²) < 4.78 is 10.2. The highest BCUT2D eigenvalue weighted by atomic mass is 35.5. The van der Waals surface area contributed by atoms with Crippen molar-refractivity contribution in [2.75, 3.05) is 18.2 Å². The highest BCUT2D eigenvalue weighted by Crippen LogP contribution is 2.29. The zero-order valence-corrected chi connectivity index (χ0v) is 15.1. The molecule has 0 saturated heterocycles. The van der Waals surface area contributed by atoms with Crippen molar-refractivity contribution in [3.05, 3.63) is 57.1 Å². The van der Waals surface area contributed by atoms with Gasteiger partial charge in [-0.1, -0.05) is 11.6 Å². The molecule has 0 fully saturated rings. The monoisotopic (exact) mass is 393 g/mol. The van der Waals surface area contributed by atoms with Crippen molar-refractivity contribution in [3.8, 4) is 5.75 Å². The summed E-state index contributed by atoms with van der Waals surface area (Å²) in [5.74, 6) is -1.24. The van der Waals surface area contributed by atoms with E-state index >= 15 is 0 Å². The summed E-state index contributed by atoms with van der Waals surface area (Å²) in [5.41, 5.74) is 5.81. The summed E-state index contributed by atoms with van der Waals surface area (Å²) in [6.45, 7) is 1.36. The standard InChI is InChI=1S/C17H16ClN3O6/c1-9(27-17(23)10-3-5-12(18)13(19)7-10)16(22)20-14-8-11(21(24)25)4-6-15(14)26-2/h3-9H,19H2,1-2H3,(H,20,22). The minimum absolute atomic E-state index is 0.0790. The fourth-order valence-electron chi connectivity index (χ4n) is 2.09. The predicted octanol–water partition coefficient (Wildman–Crippen LogP) is 3.02. The van der Waals surface area contributed by atoms with Crippen LogP contribution in [0.1, 0.15) is 17.3 Å². The summed E-state index contributed by atoms with van der Waals surface area (Å²) >= 11 is 5.79. The van der Waals surface area contributed by atoms with E-state index in [9.17, 15) is 19.7 Å². The van der Waals surface area contributed by atoms with Gasteiger partial charge in [0.15, 0.2) is 6.10 Å².